The summed E-state index contributed by atoms with van der Waals surface area (Å²) in [6.45, 7) is 1.58. The van der Waals surface area contributed by atoms with Crippen molar-refractivity contribution >= 4 is 56.6 Å². The second kappa shape index (κ2) is 6.12. The van der Waals surface area contributed by atoms with Gasteiger partial charge in [-0.15, -0.1) is 0 Å². The molecule has 1 saturated heterocycles. The summed E-state index contributed by atoms with van der Waals surface area (Å²) in [4.78, 5) is 38.8. The molecular weight excluding hydrogens is 455 g/mol. The highest BCUT2D eigenvalue weighted by molar-refractivity contribution is 9.10. The summed E-state index contributed by atoms with van der Waals surface area (Å²) >= 11 is 15.4. The highest BCUT2D eigenvalue weighted by Crippen LogP contribution is 2.74. The highest BCUT2D eigenvalue weighted by Gasteiger charge is 2.86. The van der Waals surface area contributed by atoms with Gasteiger partial charge in [-0.2, -0.15) is 4.91 Å². The smallest absolute Gasteiger partial charge is 0.241 e. The number of nitrogens with zero attached hydrogens (tertiary/aromatic N) is 2. The van der Waals surface area contributed by atoms with Gasteiger partial charge in [0.25, 0.3) is 0 Å². The molecular formula is C19H13BrCl2N2O3. The molecule has 1 unspecified atom stereocenters. The molecule has 1 heterocycles. The third kappa shape index (κ3) is 2.36. The fourth-order valence-electron chi connectivity index (χ4n) is 4.50. The van der Waals surface area contributed by atoms with Gasteiger partial charge in [0.15, 0.2) is 0 Å². The minimum Gasteiger partial charge on any atom is -0.274 e. The van der Waals surface area contributed by atoms with Gasteiger partial charge in [-0.05, 0) is 42.8 Å². The Morgan fingerprint density at radius 2 is 1.70 bits per heavy atom. The molecule has 27 heavy (non-hydrogen) atoms. The van der Waals surface area contributed by atoms with Crippen molar-refractivity contribution in [3.63, 3.8) is 0 Å². The molecule has 2 aliphatic rings. The van der Waals surface area contributed by atoms with Gasteiger partial charge in [0, 0.05) is 19.9 Å². The number of hydrogen-bond acceptors (Lipinski definition) is 4. The molecule has 5 nitrogen and oxygen atoms in total. The molecule has 1 saturated carbocycles. The molecule has 0 N–H and O–H groups in total. The number of carbonyl (C=O) groups is 2. The summed E-state index contributed by atoms with van der Waals surface area (Å²) in [5.41, 5.74) is -0.883. The lowest BCUT2D eigenvalue weighted by Crippen LogP contribution is -2.42. The molecule has 0 radical (unpaired) electrons. The first-order chi connectivity index (χ1) is 12.8. The third-order valence-corrected chi connectivity index (χ3v) is 6.77. The molecule has 0 spiro atoms. The van der Waals surface area contributed by atoms with Crippen molar-refractivity contribution in [2.24, 2.45) is 16.5 Å². The van der Waals surface area contributed by atoms with Crippen LogP contribution in [0.1, 0.15) is 12.5 Å². The van der Waals surface area contributed by atoms with Crippen molar-refractivity contribution in [3.8, 4) is 0 Å². The number of piperidine rings is 1. The van der Waals surface area contributed by atoms with Crippen LogP contribution in [0.2, 0.25) is 10.0 Å². The molecule has 2 aromatic carbocycles. The Kier molecular flexibility index (Phi) is 4.22. The maximum Gasteiger partial charge on any atom is 0.241 e. The van der Waals surface area contributed by atoms with E-state index >= 15 is 0 Å². The van der Waals surface area contributed by atoms with E-state index in [2.05, 4.69) is 21.1 Å². The van der Waals surface area contributed by atoms with E-state index in [9.17, 15) is 14.5 Å². The largest absolute Gasteiger partial charge is 0.274 e. The molecule has 4 rings (SSSR count). The lowest BCUT2D eigenvalue weighted by molar-refractivity contribution is -0.126. The van der Waals surface area contributed by atoms with Gasteiger partial charge in [-0.3, -0.25) is 9.59 Å². The Morgan fingerprint density at radius 3 is 2.19 bits per heavy atom. The van der Waals surface area contributed by atoms with Crippen LogP contribution in [0.5, 0.6) is 0 Å². The Hall–Kier alpha value is -1.76. The van der Waals surface area contributed by atoms with E-state index in [0.29, 0.717) is 15.7 Å². The number of rotatable bonds is 4. The van der Waals surface area contributed by atoms with Gasteiger partial charge in [0.1, 0.15) is 0 Å². The molecule has 1 aliphatic heterocycles. The van der Waals surface area contributed by atoms with Gasteiger partial charge in [0.05, 0.1) is 23.6 Å². The molecule has 1 aliphatic carbocycles. The summed E-state index contributed by atoms with van der Waals surface area (Å²) in [5.74, 6) is -1.40. The molecule has 8 heteroatoms. The van der Waals surface area contributed by atoms with Crippen LogP contribution in [-0.2, 0) is 15.0 Å². The quantitative estimate of drug-likeness (QED) is 0.470. The standard InChI is InChI=1S/C19H13BrCl2N2O3/c1-18-15(19(18,9-23-27)10-2-4-11(20)5-3-10)16(25)24(17(18)26)14-7-12(21)6-13(22)8-14/h2-8,15H,9H2,1H3/t15?,18-,19-/m1/s1. The maximum absolute atomic E-state index is 13.3. The van der Waals surface area contributed by atoms with Crippen molar-refractivity contribution in [2.75, 3.05) is 11.4 Å². The summed E-state index contributed by atoms with van der Waals surface area (Å²) in [5, 5.41) is 3.73. The minimum atomic E-state index is -1.04. The third-order valence-electron chi connectivity index (χ3n) is 5.81. The Balaban J connectivity index is 1.80. The zero-order valence-electron chi connectivity index (χ0n) is 14.1. The molecule has 0 aromatic heterocycles. The van der Waals surface area contributed by atoms with E-state index in [1.807, 2.05) is 24.3 Å². The fourth-order valence-corrected chi connectivity index (χ4v) is 5.28. The van der Waals surface area contributed by atoms with E-state index < -0.39 is 16.7 Å². The Labute approximate surface area is 173 Å². The van der Waals surface area contributed by atoms with E-state index in [0.717, 1.165) is 14.9 Å². The summed E-state index contributed by atoms with van der Waals surface area (Å²) in [7, 11) is 0. The van der Waals surface area contributed by atoms with Gasteiger partial charge in [-0.25, -0.2) is 4.90 Å². The number of amides is 2. The van der Waals surface area contributed by atoms with Crippen molar-refractivity contribution in [1.82, 2.24) is 0 Å². The van der Waals surface area contributed by atoms with E-state index in [1.165, 1.54) is 18.2 Å². The van der Waals surface area contributed by atoms with Gasteiger partial charge >= 0.3 is 0 Å². The predicted molar refractivity (Wildman–Crippen MR) is 107 cm³/mol. The van der Waals surface area contributed by atoms with Crippen LogP contribution >= 0.6 is 39.1 Å². The van der Waals surface area contributed by atoms with Crippen molar-refractivity contribution < 1.29 is 9.59 Å². The second-order valence-corrected chi connectivity index (χ2v) is 8.80. The zero-order chi connectivity index (χ0) is 19.6. The second-order valence-electron chi connectivity index (χ2n) is 7.01. The van der Waals surface area contributed by atoms with Gasteiger partial charge < -0.3 is 0 Å². The van der Waals surface area contributed by atoms with Crippen molar-refractivity contribution in [1.29, 1.82) is 0 Å². The number of nitroso groups, excluding NO2 is 1. The summed E-state index contributed by atoms with van der Waals surface area (Å²) < 4.78 is 0.865. The van der Waals surface area contributed by atoms with Crippen LogP contribution in [0.4, 0.5) is 5.69 Å². The average molecular weight is 468 g/mol. The maximum atomic E-state index is 13.3. The number of anilines is 1. The van der Waals surface area contributed by atoms with Crippen molar-refractivity contribution in [3.05, 3.63) is 67.5 Å². The van der Waals surface area contributed by atoms with E-state index in [4.69, 9.17) is 23.2 Å². The first-order valence-electron chi connectivity index (χ1n) is 8.17. The van der Waals surface area contributed by atoms with E-state index in [1.54, 1.807) is 6.92 Å². The first kappa shape index (κ1) is 18.6. The summed E-state index contributed by atoms with van der Waals surface area (Å²) in [6.07, 6.45) is 0. The van der Waals surface area contributed by atoms with Crippen LogP contribution in [-0.4, -0.2) is 18.4 Å². The number of hydrogen-bond donors (Lipinski definition) is 0. The van der Waals surface area contributed by atoms with Crippen LogP contribution < -0.4 is 4.90 Å². The molecule has 3 atom stereocenters. The number of carbonyl (C=O) groups excluding carboxylic acids is 2. The molecule has 2 aromatic rings. The molecule has 138 valence electrons. The number of imide groups is 1. The van der Waals surface area contributed by atoms with Crippen LogP contribution in [0.3, 0.4) is 0 Å². The van der Waals surface area contributed by atoms with Gasteiger partial charge in [-0.1, -0.05) is 56.4 Å². The number of fused-ring (bicyclic) bond motifs is 1. The van der Waals surface area contributed by atoms with E-state index in [-0.39, 0.29) is 18.4 Å². The number of halogens is 3. The van der Waals surface area contributed by atoms with Crippen LogP contribution in [0.25, 0.3) is 0 Å². The lowest BCUT2D eigenvalue weighted by Gasteiger charge is -2.27. The Morgan fingerprint density at radius 1 is 1.11 bits per heavy atom. The Bertz CT molecular complexity index is 977. The predicted octanol–water partition coefficient (Wildman–Crippen LogP) is 4.97. The fraction of sp³-hybridized carbons (Fsp3) is 0.263. The first-order valence-corrected chi connectivity index (χ1v) is 9.72. The SMILES string of the molecule is C[C@]12C(=O)N(c3cc(Cl)cc(Cl)c3)C(=O)C1[C@@]2(CN=O)c1ccc(Br)cc1. The molecule has 2 fully saturated rings. The summed E-state index contributed by atoms with van der Waals surface area (Å²) in [6, 6.07) is 11.9. The monoisotopic (exact) mass is 466 g/mol. The lowest BCUT2D eigenvalue weighted by atomic mass is 9.85. The van der Waals surface area contributed by atoms with Crippen molar-refractivity contribution in [2.45, 2.75) is 12.3 Å². The minimum absolute atomic E-state index is 0.141. The van der Waals surface area contributed by atoms with Gasteiger partial charge in [0.2, 0.25) is 11.8 Å². The van der Waals surface area contributed by atoms with Crippen LogP contribution in [0, 0.1) is 16.2 Å². The molecule has 2 amide bonds. The average Bonchev–Trinajstić information content (AvgIpc) is 3.07. The topological polar surface area (TPSA) is 66.8 Å². The normalized spacial score (nSPS) is 29.0. The highest BCUT2D eigenvalue weighted by atomic mass is 79.9. The zero-order valence-corrected chi connectivity index (χ0v) is 17.2. The van der Waals surface area contributed by atoms with Crippen LogP contribution in [0.15, 0.2) is 52.1 Å². The number of benzene rings is 2. The molecule has 0 bridgehead atoms.